The quantitative estimate of drug-likeness (QED) is 0.549. The number of hydrogen-bond donors (Lipinski definition) is 2. The Morgan fingerprint density at radius 1 is 1.14 bits per heavy atom. The zero-order valence-electron chi connectivity index (χ0n) is 18.3. The maximum atomic E-state index is 13.7. The minimum Gasteiger partial charge on any atom is -0.385 e. The molecule has 1 saturated heterocycles. The normalized spacial score (nSPS) is 40.4. The van der Waals surface area contributed by atoms with Gasteiger partial charge in [0.2, 0.25) is 5.91 Å². The molecule has 0 bridgehead atoms. The summed E-state index contributed by atoms with van der Waals surface area (Å²) in [4.78, 5) is 39.4. The van der Waals surface area contributed by atoms with Crippen molar-refractivity contribution in [2.24, 2.45) is 29.1 Å². The number of carbonyl (C=O) groups excluding carboxylic acids is 3. The van der Waals surface area contributed by atoms with Crippen molar-refractivity contribution in [3.63, 3.8) is 0 Å². The van der Waals surface area contributed by atoms with Gasteiger partial charge in [-0.25, -0.2) is 0 Å². The highest BCUT2D eigenvalue weighted by molar-refractivity contribution is 6.09. The van der Waals surface area contributed by atoms with Gasteiger partial charge in [0.25, 0.3) is 0 Å². The monoisotopic (exact) mass is 401 g/mol. The molecule has 1 spiro atoms. The largest absolute Gasteiger partial charge is 0.385 e. The number of aliphatic hydroxyl groups excluding tert-OH is 1. The van der Waals surface area contributed by atoms with Gasteiger partial charge in [0.05, 0.1) is 0 Å². The van der Waals surface area contributed by atoms with Crippen molar-refractivity contribution in [3.05, 3.63) is 23.3 Å². The van der Waals surface area contributed by atoms with Crippen LogP contribution in [0.1, 0.15) is 66.7 Å². The highest BCUT2D eigenvalue weighted by Gasteiger charge is 2.65. The van der Waals surface area contributed by atoms with Crippen LogP contribution < -0.4 is 5.32 Å². The van der Waals surface area contributed by atoms with Crippen molar-refractivity contribution in [1.29, 1.82) is 0 Å². The van der Waals surface area contributed by atoms with Crippen molar-refractivity contribution in [2.45, 2.75) is 78.9 Å². The molecule has 1 aliphatic heterocycles. The Morgan fingerprint density at radius 2 is 1.83 bits per heavy atom. The SMILES string of the molecule is CC1=C[C@@H]2/C=C(\C)CCC(=O)[C@@H](O)CCC(=O)[C@@]23C(=O)N[C@@H](CC(C)C)[C@@H]3[C@@H]1C. The number of Topliss-reactive ketones (excluding diaryl/α,β-unsaturated/α-hetero) is 2. The number of amides is 1. The van der Waals surface area contributed by atoms with Crippen LogP contribution in [0.2, 0.25) is 0 Å². The maximum Gasteiger partial charge on any atom is 0.235 e. The van der Waals surface area contributed by atoms with Crippen LogP contribution in [0.3, 0.4) is 0 Å². The highest BCUT2D eigenvalue weighted by atomic mass is 16.3. The number of carbonyl (C=O) groups is 3. The lowest BCUT2D eigenvalue weighted by molar-refractivity contribution is -0.145. The lowest BCUT2D eigenvalue weighted by Gasteiger charge is -2.45. The van der Waals surface area contributed by atoms with E-state index in [9.17, 15) is 19.5 Å². The van der Waals surface area contributed by atoms with Gasteiger partial charge in [-0.2, -0.15) is 0 Å². The number of aliphatic hydroxyl groups is 1. The Labute approximate surface area is 174 Å². The third-order valence-corrected chi connectivity index (χ3v) is 7.31. The fourth-order valence-corrected chi connectivity index (χ4v) is 5.72. The molecule has 3 aliphatic rings. The van der Waals surface area contributed by atoms with Gasteiger partial charge in [0, 0.05) is 30.7 Å². The van der Waals surface area contributed by atoms with Crippen molar-refractivity contribution in [2.75, 3.05) is 0 Å². The molecule has 0 radical (unpaired) electrons. The van der Waals surface area contributed by atoms with E-state index in [0.29, 0.717) is 12.3 Å². The molecular formula is C24H35NO4. The minimum absolute atomic E-state index is 0.0435. The van der Waals surface area contributed by atoms with Gasteiger partial charge in [-0.1, -0.05) is 44.1 Å². The van der Waals surface area contributed by atoms with Crippen LogP contribution in [-0.2, 0) is 14.4 Å². The molecule has 6 atom stereocenters. The van der Waals surface area contributed by atoms with Crippen LogP contribution in [0.25, 0.3) is 0 Å². The van der Waals surface area contributed by atoms with E-state index < -0.39 is 11.5 Å². The lowest BCUT2D eigenvalue weighted by atomic mass is 9.54. The van der Waals surface area contributed by atoms with Crippen molar-refractivity contribution in [1.82, 2.24) is 5.32 Å². The molecule has 3 rings (SSSR count). The van der Waals surface area contributed by atoms with E-state index in [2.05, 4.69) is 39.1 Å². The first-order valence-electron chi connectivity index (χ1n) is 11.0. The van der Waals surface area contributed by atoms with Gasteiger partial charge in [-0.05, 0) is 44.9 Å². The lowest BCUT2D eigenvalue weighted by Crippen LogP contribution is -2.52. The zero-order chi connectivity index (χ0) is 21.5. The second-order valence-electron chi connectivity index (χ2n) is 9.79. The Bertz CT molecular complexity index is 765. The molecule has 2 N–H and O–H groups in total. The Balaban J connectivity index is 2.16. The van der Waals surface area contributed by atoms with Crippen molar-refractivity contribution >= 4 is 17.5 Å². The second-order valence-corrected chi connectivity index (χ2v) is 9.79. The molecule has 5 nitrogen and oxygen atoms in total. The van der Waals surface area contributed by atoms with E-state index in [1.165, 1.54) is 5.57 Å². The molecule has 0 aromatic carbocycles. The fraction of sp³-hybridized carbons (Fsp3) is 0.708. The molecule has 0 saturated carbocycles. The molecule has 1 fully saturated rings. The molecule has 160 valence electrons. The van der Waals surface area contributed by atoms with Gasteiger partial charge < -0.3 is 10.4 Å². The van der Waals surface area contributed by atoms with Crippen LogP contribution in [-0.4, -0.2) is 34.7 Å². The van der Waals surface area contributed by atoms with Crippen LogP contribution in [0.4, 0.5) is 0 Å². The first-order valence-corrected chi connectivity index (χ1v) is 11.0. The number of rotatable bonds is 2. The summed E-state index contributed by atoms with van der Waals surface area (Å²) in [6.07, 6.45) is 4.78. The van der Waals surface area contributed by atoms with E-state index in [-0.39, 0.29) is 60.5 Å². The summed E-state index contributed by atoms with van der Waals surface area (Å²) in [7, 11) is 0. The summed E-state index contributed by atoms with van der Waals surface area (Å²) in [6, 6.07) is -0.0435. The average Bonchev–Trinajstić information content (AvgIpc) is 2.93. The van der Waals surface area contributed by atoms with E-state index in [4.69, 9.17) is 0 Å². The van der Waals surface area contributed by atoms with Gasteiger partial charge in [-0.3, -0.25) is 14.4 Å². The van der Waals surface area contributed by atoms with Gasteiger partial charge in [-0.15, -0.1) is 0 Å². The van der Waals surface area contributed by atoms with Crippen molar-refractivity contribution < 1.29 is 19.5 Å². The Kier molecular flexibility index (Phi) is 6.19. The minimum atomic E-state index is -1.15. The molecule has 5 heteroatoms. The summed E-state index contributed by atoms with van der Waals surface area (Å²) >= 11 is 0. The molecule has 0 unspecified atom stereocenters. The van der Waals surface area contributed by atoms with E-state index in [1.807, 2.05) is 13.0 Å². The molecule has 29 heavy (non-hydrogen) atoms. The number of ketones is 2. The van der Waals surface area contributed by atoms with Crippen LogP contribution in [0.5, 0.6) is 0 Å². The third-order valence-electron chi connectivity index (χ3n) is 7.31. The van der Waals surface area contributed by atoms with E-state index >= 15 is 0 Å². The molecule has 0 aromatic rings. The van der Waals surface area contributed by atoms with Crippen LogP contribution in [0.15, 0.2) is 23.3 Å². The van der Waals surface area contributed by atoms with Crippen LogP contribution in [0, 0.1) is 29.1 Å². The van der Waals surface area contributed by atoms with Crippen molar-refractivity contribution in [3.8, 4) is 0 Å². The fourth-order valence-electron chi connectivity index (χ4n) is 5.72. The molecule has 0 aromatic heterocycles. The van der Waals surface area contributed by atoms with Gasteiger partial charge >= 0.3 is 0 Å². The summed E-state index contributed by atoms with van der Waals surface area (Å²) in [5, 5.41) is 13.4. The zero-order valence-corrected chi connectivity index (χ0v) is 18.3. The summed E-state index contributed by atoms with van der Waals surface area (Å²) < 4.78 is 0. The molecule has 1 amide bonds. The summed E-state index contributed by atoms with van der Waals surface area (Å²) in [6.45, 7) is 10.4. The second kappa shape index (κ2) is 8.17. The molecule has 2 aliphatic carbocycles. The predicted molar refractivity (Wildman–Crippen MR) is 112 cm³/mol. The summed E-state index contributed by atoms with van der Waals surface area (Å²) in [5.74, 6) is -0.438. The van der Waals surface area contributed by atoms with E-state index in [1.54, 1.807) is 0 Å². The third kappa shape index (κ3) is 3.74. The van der Waals surface area contributed by atoms with E-state index in [0.717, 1.165) is 12.0 Å². The smallest absolute Gasteiger partial charge is 0.235 e. The Hall–Kier alpha value is -1.75. The first kappa shape index (κ1) is 21.9. The number of nitrogens with one attached hydrogen (secondary N) is 1. The number of hydrogen-bond acceptors (Lipinski definition) is 4. The van der Waals surface area contributed by atoms with Gasteiger partial charge in [0.1, 0.15) is 17.3 Å². The Morgan fingerprint density at radius 3 is 2.48 bits per heavy atom. The average molecular weight is 402 g/mol. The number of allylic oxidation sites excluding steroid dienone is 4. The van der Waals surface area contributed by atoms with Gasteiger partial charge in [0.15, 0.2) is 5.78 Å². The van der Waals surface area contributed by atoms with Crippen LogP contribution >= 0.6 is 0 Å². The standard InChI is InChI=1S/C24H35NO4/c1-13(2)10-18-22-16(5)15(4)12-17-11-14(3)6-7-19(26)20(27)8-9-21(28)24(17,22)23(29)25-18/h11-13,16-18,20,22,27H,6-10H2,1-5H3,(H,25,29)/b14-11+/t16-,17+,18+,20+,22+,24+/m1/s1. The predicted octanol–water partition coefficient (Wildman–Crippen LogP) is 3.37. The topological polar surface area (TPSA) is 83.5 Å². The maximum absolute atomic E-state index is 13.7. The first-order chi connectivity index (χ1) is 13.6. The summed E-state index contributed by atoms with van der Waals surface area (Å²) in [5.41, 5.74) is 1.05. The highest BCUT2D eigenvalue weighted by Crippen LogP contribution is 2.55. The molecular weight excluding hydrogens is 366 g/mol. The molecule has 1 heterocycles.